The Morgan fingerprint density at radius 2 is 2.12 bits per heavy atom. The van der Waals surface area contributed by atoms with E-state index in [9.17, 15) is 9.59 Å². The lowest BCUT2D eigenvalue weighted by molar-refractivity contribution is -0.125. The summed E-state index contributed by atoms with van der Waals surface area (Å²) in [5.41, 5.74) is 0. The molecule has 1 fully saturated rings. The van der Waals surface area contributed by atoms with Gasteiger partial charge in [0.2, 0.25) is 5.91 Å². The molecule has 17 heavy (non-hydrogen) atoms. The van der Waals surface area contributed by atoms with Gasteiger partial charge in [-0.25, -0.2) is 4.79 Å². The smallest absolute Gasteiger partial charge is 0.318 e. The van der Waals surface area contributed by atoms with Crippen LogP contribution in [-0.2, 0) is 4.79 Å². The highest BCUT2D eigenvalue weighted by molar-refractivity contribution is 5.87. The van der Waals surface area contributed by atoms with Gasteiger partial charge in [0.05, 0.1) is 0 Å². The van der Waals surface area contributed by atoms with Gasteiger partial charge >= 0.3 is 6.03 Å². The van der Waals surface area contributed by atoms with E-state index in [0.717, 1.165) is 32.1 Å². The van der Waals surface area contributed by atoms with Crippen molar-refractivity contribution < 1.29 is 9.59 Å². The fraction of sp³-hybridized carbons (Fsp3) is 0.833. The molecule has 0 aromatic carbocycles. The molecule has 1 saturated heterocycles. The van der Waals surface area contributed by atoms with Crippen molar-refractivity contribution in [1.82, 2.24) is 15.5 Å². The number of hydrogen-bond acceptors (Lipinski definition) is 2. The van der Waals surface area contributed by atoms with Gasteiger partial charge in [0.1, 0.15) is 6.04 Å². The molecule has 1 aliphatic heterocycles. The van der Waals surface area contributed by atoms with Crippen molar-refractivity contribution in [2.24, 2.45) is 0 Å². The number of nitrogens with one attached hydrogen (secondary N) is 2. The van der Waals surface area contributed by atoms with E-state index >= 15 is 0 Å². The van der Waals surface area contributed by atoms with Crippen molar-refractivity contribution in [3.8, 4) is 0 Å². The second-order valence-corrected chi connectivity index (χ2v) is 4.40. The molecule has 1 aliphatic rings. The van der Waals surface area contributed by atoms with Gasteiger partial charge in [-0.3, -0.25) is 4.79 Å². The molecular weight excluding hydrogens is 218 g/mol. The van der Waals surface area contributed by atoms with Gasteiger partial charge in [-0.2, -0.15) is 0 Å². The van der Waals surface area contributed by atoms with Crippen LogP contribution in [-0.4, -0.2) is 43.0 Å². The van der Waals surface area contributed by atoms with Gasteiger partial charge in [0, 0.05) is 20.1 Å². The first-order valence-electron chi connectivity index (χ1n) is 6.46. The van der Waals surface area contributed by atoms with Gasteiger partial charge in [0.15, 0.2) is 0 Å². The van der Waals surface area contributed by atoms with Crippen LogP contribution in [0.25, 0.3) is 0 Å². The Morgan fingerprint density at radius 3 is 2.76 bits per heavy atom. The van der Waals surface area contributed by atoms with Crippen LogP contribution in [0.2, 0.25) is 0 Å². The van der Waals surface area contributed by atoms with E-state index in [1.807, 2.05) is 0 Å². The Balaban J connectivity index is 2.52. The van der Waals surface area contributed by atoms with Crippen molar-refractivity contribution in [2.75, 3.05) is 20.1 Å². The molecule has 98 valence electrons. The summed E-state index contributed by atoms with van der Waals surface area (Å²) in [7, 11) is 1.62. The summed E-state index contributed by atoms with van der Waals surface area (Å²) in [5, 5.41) is 5.50. The number of piperidine rings is 1. The first-order chi connectivity index (χ1) is 8.20. The van der Waals surface area contributed by atoms with Gasteiger partial charge in [-0.15, -0.1) is 0 Å². The minimum absolute atomic E-state index is 0.0599. The summed E-state index contributed by atoms with van der Waals surface area (Å²) in [4.78, 5) is 25.3. The zero-order valence-electron chi connectivity index (χ0n) is 10.8. The van der Waals surface area contributed by atoms with E-state index in [0.29, 0.717) is 13.1 Å². The van der Waals surface area contributed by atoms with Crippen LogP contribution in [0.3, 0.4) is 0 Å². The summed E-state index contributed by atoms with van der Waals surface area (Å²) in [6.45, 7) is 3.45. The quantitative estimate of drug-likeness (QED) is 0.724. The molecule has 0 aromatic rings. The predicted molar refractivity (Wildman–Crippen MR) is 66.7 cm³/mol. The molecule has 1 unspecified atom stereocenters. The fourth-order valence-electron chi connectivity index (χ4n) is 2.09. The SMILES string of the molecule is CCCCNC(=O)N1CCCCC1C(=O)NC. The largest absolute Gasteiger partial charge is 0.357 e. The molecule has 1 heterocycles. The van der Waals surface area contributed by atoms with Crippen LogP contribution in [0.5, 0.6) is 0 Å². The van der Waals surface area contributed by atoms with Crippen LogP contribution in [0.1, 0.15) is 39.0 Å². The molecule has 1 rings (SSSR count). The third-order valence-electron chi connectivity index (χ3n) is 3.12. The molecule has 2 N–H and O–H groups in total. The number of nitrogens with zero attached hydrogens (tertiary/aromatic N) is 1. The minimum Gasteiger partial charge on any atom is -0.357 e. The van der Waals surface area contributed by atoms with Crippen LogP contribution in [0.4, 0.5) is 4.79 Å². The Labute approximate surface area is 103 Å². The number of hydrogen-bond donors (Lipinski definition) is 2. The average molecular weight is 241 g/mol. The third-order valence-corrected chi connectivity index (χ3v) is 3.12. The molecule has 0 saturated carbocycles. The minimum atomic E-state index is -0.296. The first kappa shape index (κ1) is 13.8. The van der Waals surface area contributed by atoms with Crippen molar-refractivity contribution in [2.45, 2.75) is 45.1 Å². The standard InChI is InChI=1S/C12H23N3O2/c1-3-4-8-14-12(17)15-9-6-5-7-10(15)11(16)13-2/h10H,3-9H2,1-2H3,(H,13,16)(H,14,17). The van der Waals surface area contributed by atoms with Crippen LogP contribution >= 0.6 is 0 Å². The maximum Gasteiger partial charge on any atom is 0.318 e. The number of likely N-dealkylation sites (tertiary alicyclic amines) is 1. The maximum atomic E-state index is 11.9. The highest BCUT2D eigenvalue weighted by Crippen LogP contribution is 2.17. The molecule has 1 atom stereocenters. The van der Waals surface area contributed by atoms with Gasteiger partial charge in [-0.1, -0.05) is 13.3 Å². The summed E-state index contributed by atoms with van der Waals surface area (Å²) < 4.78 is 0. The van der Waals surface area contributed by atoms with E-state index in [1.54, 1.807) is 11.9 Å². The van der Waals surface area contributed by atoms with Gasteiger partial charge in [0.25, 0.3) is 0 Å². The molecule has 5 nitrogen and oxygen atoms in total. The molecule has 0 aliphatic carbocycles. The van der Waals surface area contributed by atoms with E-state index in [-0.39, 0.29) is 18.0 Å². The topological polar surface area (TPSA) is 61.4 Å². The zero-order valence-corrected chi connectivity index (χ0v) is 10.8. The van der Waals surface area contributed by atoms with Crippen molar-refractivity contribution in [3.63, 3.8) is 0 Å². The zero-order chi connectivity index (χ0) is 12.7. The highest BCUT2D eigenvalue weighted by Gasteiger charge is 2.31. The van der Waals surface area contributed by atoms with Crippen LogP contribution < -0.4 is 10.6 Å². The second-order valence-electron chi connectivity index (χ2n) is 4.40. The molecule has 0 radical (unpaired) electrons. The maximum absolute atomic E-state index is 11.9. The Hall–Kier alpha value is -1.26. The number of carbonyl (C=O) groups excluding carboxylic acids is 2. The monoisotopic (exact) mass is 241 g/mol. The summed E-state index contributed by atoms with van der Waals surface area (Å²) in [6, 6.07) is -0.401. The summed E-state index contributed by atoms with van der Waals surface area (Å²) >= 11 is 0. The van der Waals surface area contributed by atoms with E-state index in [4.69, 9.17) is 0 Å². The third kappa shape index (κ3) is 3.91. The van der Waals surface area contributed by atoms with E-state index in [1.165, 1.54) is 0 Å². The number of unbranched alkanes of at least 4 members (excludes halogenated alkanes) is 1. The first-order valence-corrected chi connectivity index (χ1v) is 6.46. The highest BCUT2D eigenvalue weighted by atomic mass is 16.2. The van der Waals surface area contributed by atoms with E-state index in [2.05, 4.69) is 17.6 Å². The second kappa shape index (κ2) is 7.14. The lowest BCUT2D eigenvalue weighted by Gasteiger charge is -2.34. The molecule has 0 spiro atoms. The summed E-state index contributed by atoms with van der Waals surface area (Å²) in [6.07, 6.45) is 4.79. The average Bonchev–Trinajstić information content (AvgIpc) is 2.38. The number of rotatable bonds is 4. The Kier molecular flexibility index (Phi) is 5.80. The molecule has 5 heteroatoms. The normalized spacial score (nSPS) is 19.9. The lowest BCUT2D eigenvalue weighted by Crippen LogP contribution is -2.54. The lowest BCUT2D eigenvalue weighted by atomic mass is 10.0. The van der Waals surface area contributed by atoms with Gasteiger partial charge < -0.3 is 15.5 Å². The van der Waals surface area contributed by atoms with Gasteiger partial charge in [-0.05, 0) is 25.7 Å². The molecule has 0 aromatic heterocycles. The fourth-order valence-corrected chi connectivity index (χ4v) is 2.09. The molecule has 3 amide bonds. The number of amides is 3. The Morgan fingerprint density at radius 1 is 1.35 bits per heavy atom. The van der Waals surface area contributed by atoms with E-state index < -0.39 is 0 Å². The Bertz CT molecular complexity index is 268. The molecule has 0 bridgehead atoms. The number of likely N-dealkylation sites (N-methyl/N-ethyl adjacent to an activating group) is 1. The number of urea groups is 1. The number of carbonyl (C=O) groups is 2. The van der Waals surface area contributed by atoms with Crippen LogP contribution in [0.15, 0.2) is 0 Å². The van der Waals surface area contributed by atoms with Crippen molar-refractivity contribution in [1.29, 1.82) is 0 Å². The van der Waals surface area contributed by atoms with Crippen LogP contribution in [0, 0.1) is 0 Å². The predicted octanol–water partition coefficient (Wildman–Crippen LogP) is 1.10. The summed E-state index contributed by atoms with van der Waals surface area (Å²) in [5.74, 6) is -0.0599. The molecular formula is C12H23N3O2. The van der Waals surface area contributed by atoms with Crippen molar-refractivity contribution in [3.05, 3.63) is 0 Å². The van der Waals surface area contributed by atoms with Crippen molar-refractivity contribution >= 4 is 11.9 Å².